The average Bonchev–Trinajstić information content (AvgIpc) is 3.73. The molecule has 7 rings (SSSR count). The van der Waals surface area contributed by atoms with Crippen molar-refractivity contribution in [3.63, 3.8) is 0 Å². The first-order valence-corrected chi connectivity index (χ1v) is 20.7. The van der Waals surface area contributed by atoms with Crippen molar-refractivity contribution in [3.8, 4) is 0 Å². The van der Waals surface area contributed by atoms with Crippen LogP contribution in [0.3, 0.4) is 0 Å². The van der Waals surface area contributed by atoms with Gasteiger partial charge in [0.05, 0.1) is 36.3 Å². The number of hydrogen-bond acceptors (Lipinski definition) is 8. The molecule has 1 saturated carbocycles. The van der Waals surface area contributed by atoms with Crippen LogP contribution in [0.15, 0.2) is 65.5 Å². The molecule has 318 valence electrons. The normalized spacial score (nSPS) is 25.8. The van der Waals surface area contributed by atoms with Gasteiger partial charge in [0.15, 0.2) is 0 Å². The summed E-state index contributed by atoms with van der Waals surface area (Å²) in [6, 6.07) is 12.8. The topological polar surface area (TPSA) is 178 Å². The second-order valence-electron chi connectivity index (χ2n) is 17.6. The summed E-state index contributed by atoms with van der Waals surface area (Å²) in [4.78, 5) is 82.4. The van der Waals surface area contributed by atoms with Crippen molar-refractivity contribution in [3.05, 3.63) is 82.3 Å². The van der Waals surface area contributed by atoms with E-state index in [4.69, 9.17) is 10.5 Å². The third-order valence-corrected chi connectivity index (χ3v) is 12.6. The van der Waals surface area contributed by atoms with Crippen molar-refractivity contribution in [2.75, 3.05) is 26.2 Å². The molecule has 0 radical (unpaired) electrons. The number of hydrogen-bond donors (Lipinski definition) is 3. The number of aryl methyl sites for hydroxylation is 1. The van der Waals surface area contributed by atoms with Gasteiger partial charge in [-0.15, -0.1) is 12.4 Å². The van der Waals surface area contributed by atoms with Gasteiger partial charge in [-0.2, -0.15) is 0 Å². The van der Waals surface area contributed by atoms with Crippen LogP contribution in [0.2, 0.25) is 0 Å². The van der Waals surface area contributed by atoms with Gasteiger partial charge in [-0.05, 0) is 91.5 Å². The minimum Gasteiger partial charge on any atom is -0.370 e. The zero-order chi connectivity index (χ0) is 41.3. The molecule has 15 heteroatoms. The summed E-state index contributed by atoms with van der Waals surface area (Å²) >= 11 is 0. The monoisotopic (exact) mass is 831 g/mol. The maximum atomic E-state index is 14.3. The van der Waals surface area contributed by atoms with Crippen molar-refractivity contribution in [2.45, 2.75) is 102 Å². The van der Waals surface area contributed by atoms with Gasteiger partial charge < -0.3 is 25.6 Å². The molecule has 14 nitrogen and oxygen atoms in total. The Kier molecular flexibility index (Phi) is 13.5. The Balaban J connectivity index is 0.00000585. The minimum atomic E-state index is -0.874. The Morgan fingerprint density at radius 3 is 2.39 bits per heavy atom. The van der Waals surface area contributed by atoms with Gasteiger partial charge in [-0.3, -0.25) is 38.4 Å². The van der Waals surface area contributed by atoms with E-state index in [-0.39, 0.29) is 60.2 Å². The fourth-order valence-corrected chi connectivity index (χ4v) is 9.09. The molecule has 4 heterocycles. The SMILES string of the molecule is Cl.Cn1c(=O)n(C2CCC(=O)NC2=O)c2ccc(CC3CCC(C=CC(=O)N[C@@H]4CCN(C(=O)[C@@H](N)C(C)(C)C)[C@@H]4C(=O)N4CCO[C@H](c5ccccc5)C4)CC3)cc21. The summed E-state index contributed by atoms with van der Waals surface area (Å²) in [6.45, 7) is 7.14. The molecule has 4 fully saturated rings. The molecule has 2 aromatic carbocycles. The molecule has 0 spiro atoms. The Hall–Kier alpha value is -4.79. The number of nitrogens with two attached hydrogens (primary N) is 1. The van der Waals surface area contributed by atoms with E-state index in [9.17, 15) is 28.8 Å². The first-order chi connectivity index (χ1) is 27.7. The largest absolute Gasteiger partial charge is 0.370 e. The third kappa shape index (κ3) is 9.50. The highest BCUT2D eigenvalue weighted by atomic mass is 35.5. The van der Waals surface area contributed by atoms with Crippen molar-refractivity contribution in [1.29, 1.82) is 0 Å². The van der Waals surface area contributed by atoms with Gasteiger partial charge >= 0.3 is 5.69 Å². The molecular weight excluding hydrogens is 774 g/mol. The number of amides is 5. The number of fused-ring (bicyclic) bond motifs is 1. The highest BCUT2D eigenvalue weighted by Crippen LogP contribution is 2.33. The van der Waals surface area contributed by atoms with Crippen LogP contribution < -0.4 is 22.1 Å². The summed E-state index contributed by atoms with van der Waals surface area (Å²) < 4.78 is 9.10. The first kappa shape index (κ1) is 43.8. The average molecular weight is 832 g/mol. The highest BCUT2D eigenvalue weighted by molar-refractivity contribution is 6.00. The maximum absolute atomic E-state index is 14.3. The van der Waals surface area contributed by atoms with E-state index in [1.54, 1.807) is 27.5 Å². The zero-order valence-electron chi connectivity index (χ0n) is 34.4. The number of nitrogens with zero attached hydrogens (tertiary/aromatic N) is 4. The second kappa shape index (κ2) is 18.2. The number of carbonyl (C=O) groups is 5. The van der Waals surface area contributed by atoms with Crippen LogP contribution in [-0.4, -0.2) is 92.8 Å². The van der Waals surface area contributed by atoms with E-state index in [0.29, 0.717) is 50.5 Å². The second-order valence-corrected chi connectivity index (χ2v) is 17.6. The predicted octanol–water partition coefficient (Wildman–Crippen LogP) is 3.70. The number of imidazole rings is 1. The predicted molar refractivity (Wildman–Crippen MR) is 225 cm³/mol. The molecule has 0 bridgehead atoms. The van der Waals surface area contributed by atoms with Crippen molar-refractivity contribution < 1.29 is 28.7 Å². The Morgan fingerprint density at radius 1 is 0.966 bits per heavy atom. The zero-order valence-corrected chi connectivity index (χ0v) is 35.2. The molecule has 59 heavy (non-hydrogen) atoms. The summed E-state index contributed by atoms with van der Waals surface area (Å²) in [5.41, 5.74) is 9.18. The summed E-state index contributed by atoms with van der Waals surface area (Å²) in [6.07, 6.45) is 8.88. The van der Waals surface area contributed by atoms with Crippen LogP contribution in [0, 0.1) is 17.3 Å². The molecule has 5 atom stereocenters. The molecule has 3 aromatic rings. The number of halogens is 1. The fourth-order valence-electron chi connectivity index (χ4n) is 9.09. The number of aromatic nitrogens is 2. The fraction of sp³-hybridized carbons (Fsp3) is 0.545. The van der Waals surface area contributed by atoms with Crippen LogP contribution >= 0.6 is 12.4 Å². The molecule has 3 aliphatic heterocycles. The van der Waals surface area contributed by atoms with Crippen LogP contribution in [0.4, 0.5) is 0 Å². The third-order valence-electron chi connectivity index (χ3n) is 12.6. The Bertz CT molecular complexity index is 2140. The molecule has 4 aliphatic rings. The number of ether oxygens (including phenoxy) is 1. The smallest absolute Gasteiger partial charge is 0.329 e. The lowest BCUT2D eigenvalue weighted by Gasteiger charge is -2.39. The van der Waals surface area contributed by atoms with Crippen LogP contribution in [0.5, 0.6) is 0 Å². The molecule has 1 unspecified atom stereocenters. The molecular formula is C44H58ClN7O7. The van der Waals surface area contributed by atoms with Crippen molar-refractivity contribution >= 4 is 53.0 Å². The van der Waals surface area contributed by atoms with Gasteiger partial charge in [-0.1, -0.05) is 63.2 Å². The number of carbonyl (C=O) groups excluding carboxylic acids is 5. The van der Waals surface area contributed by atoms with Crippen LogP contribution in [-0.2, 0) is 42.2 Å². The Morgan fingerprint density at radius 2 is 1.69 bits per heavy atom. The molecule has 5 amide bonds. The van der Waals surface area contributed by atoms with E-state index >= 15 is 0 Å². The van der Waals surface area contributed by atoms with Crippen molar-refractivity contribution in [1.82, 2.24) is 29.6 Å². The number of allylic oxidation sites excluding steroid dienone is 1. The number of benzene rings is 2. The summed E-state index contributed by atoms with van der Waals surface area (Å²) in [7, 11) is 1.71. The lowest BCUT2D eigenvalue weighted by atomic mass is 9.79. The van der Waals surface area contributed by atoms with E-state index < -0.39 is 35.5 Å². The van der Waals surface area contributed by atoms with Gasteiger partial charge in [0.25, 0.3) is 0 Å². The molecule has 3 saturated heterocycles. The lowest BCUT2D eigenvalue weighted by molar-refractivity contribution is -0.151. The number of piperidine rings is 1. The van der Waals surface area contributed by atoms with Gasteiger partial charge in [-0.25, -0.2) is 4.79 Å². The molecule has 4 N–H and O–H groups in total. The van der Waals surface area contributed by atoms with Gasteiger partial charge in [0.1, 0.15) is 18.2 Å². The van der Waals surface area contributed by atoms with Crippen LogP contribution in [0.1, 0.15) is 89.0 Å². The number of rotatable bonds is 9. The van der Waals surface area contributed by atoms with Gasteiger partial charge in [0, 0.05) is 26.6 Å². The number of imide groups is 1. The van der Waals surface area contributed by atoms with Gasteiger partial charge in [0.2, 0.25) is 29.5 Å². The highest BCUT2D eigenvalue weighted by Gasteiger charge is 2.47. The molecule has 1 aliphatic carbocycles. The number of likely N-dealkylation sites (tertiary alicyclic amines) is 1. The van der Waals surface area contributed by atoms with Crippen LogP contribution in [0.25, 0.3) is 11.0 Å². The minimum absolute atomic E-state index is 0. The maximum Gasteiger partial charge on any atom is 0.329 e. The van der Waals surface area contributed by atoms with E-state index in [2.05, 4.69) is 10.6 Å². The number of nitrogens with one attached hydrogen (secondary N) is 2. The van der Waals surface area contributed by atoms with E-state index in [1.807, 2.05) is 75.4 Å². The summed E-state index contributed by atoms with van der Waals surface area (Å²) in [5, 5.41) is 5.44. The van der Waals surface area contributed by atoms with E-state index in [0.717, 1.165) is 48.7 Å². The van der Waals surface area contributed by atoms with E-state index in [1.165, 1.54) is 4.57 Å². The Labute approximate surface area is 351 Å². The standard InChI is InChI=1S/C44H57N7O7.ClH/c1-44(2,3)39(45)42(56)50-21-20-31(38(50)41(55)49-22-23-58-35(26-49)30-8-6-5-7-9-30)46-36(52)18-15-27-10-12-28(13-11-27)24-29-14-16-32-34(25-29)48(4)43(57)51(32)33-17-19-37(53)47-40(33)54;/h5-9,14-16,18,25,27-28,31,33,35,38-39H,10-13,17,19-24,26,45H2,1-4H3,(H,46,52)(H,47,53,54);1H/t27?,28?,31-,33?,35+,38+,39-;/m1./s1. The van der Waals surface area contributed by atoms with Crippen molar-refractivity contribution in [2.24, 2.45) is 30.0 Å². The quantitative estimate of drug-likeness (QED) is 0.216. The molecule has 1 aromatic heterocycles. The summed E-state index contributed by atoms with van der Waals surface area (Å²) in [5.74, 6) is -0.875. The number of morpholine rings is 1. The lowest BCUT2D eigenvalue weighted by Crippen LogP contribution is -2.60. The first-order valence-electron chi connectivity index (χ1n) is 20.7.